The van der Waals surface area contributed by atoms with Crippen molar-refractivity contribution in [1.82, 2.24) is 5.32 Å². The van der Waals surface area contributed by atoms with Crippen molar-refractivity contribution in [1.29, 1.82) is 0 Å². The first-order chi connectivity index (χ1) is 15.4. The molecule has 8 nitrogen and oxygen atoms in total. The summed E-state index contributed by atoms with van der Waals surface area (Å²) < 4.78 is 16.1. The lowest BCUT2D eigenvalue weighted by molar-refractivity contribution is 0.0974. The molecule has 1 heterocycles. The van der Waals surface area contributed by atoms with Gasteiger partial charge in [-0.15, -0.1) is 0 Å². The molecular weight excluding hydrogens is 430 g/mol. The molecule has 32 heavy (non-hydrogen) atoms. The van der Waals surface area contributed by atoms with Crippen molar-refractivity contribution in [2.75, 3.05) is 17.7 Å². The topological polar surface area (TPSA) is 102 Å². The third-order valence-corrected chi connectivity index (χ3v) is 4.35. The Hall–Kier alpha value is -3.85. The van der Waals surface area contributed by atoms with Gasteiger partial charge in [-0.3, -0.25) is 14.9 Å². The molecule has 0 atom stereocenters. The number of rotatable bonds is 7. The number of thiocarbonyl (C=S) groups is 1. The van der Waals surface area contributed by atoms with Crippen LogP contribution in [0.25, 0.3) is 0 Å². The van der Waals surface area contributed by atoms with Crippen LogP contribution in [0.5, 0.6) is 11.5 Å². The lowest BCUT2D eigenvalue weighted by Gasteiger charge is -2.14. The van der Waals surface area contributed by atoms with Crippen LogP contribution in [0.2, 0.25) is 0 Å². The van der Waals surface area contributed by atoms with E-state index >= 15 is 0 Å². The fraction of sp³-hybridized carbons (Fsp3) is 0.174. The van der Waals surface area contributed by atoms with Gasteiger partial charge in [0.05, 0.1) is 25.2 Å². The molecular formula is C23H23N3O5S. The average molecular weight is 454 g/mol. The molecule has 3 rings (SSSR count). The van der Waals surface area contributed by atoms with Gasteiger partial charge in [0.15, 0.2) is 10.9 Å². The highest BCUT2D eigenvalue weighted by atomic mass is 32.1. The minimum atomic E-state index is -0.402. The summed E-state index contributed by atoms with van der Waals surface area (Å²) in [6.45, 7) is 3.82. The molecule has 0 saturated carbocycles. The summed E-state index contributed by atoms with van der Waals surface area (Å²) in [7, 11) is 1.48. The van der Waals surface area contributed by atoms with E-state index in [0.717, 1.165) is 0 Å². The molecule has 166 valence electrons. The number of methoxy groups -OCH3 is 1. The summed E-state index contributed by atoms with van der Waals surface area (Å²) in [4.78, 5) is 24.7. The van der Waals surface area contributed by atoms with E-state index in [1.807, 2.05) is 13.8 Å². The predicted octanol–water partition coefficient (Wildman–Crippen LogP) is 4.45. The van der Waals surface area contributed by atoms with Gasteiger partial charge in [0.2, 0.25) is 0 Å². The van der Waals surface area contributed by atoms with Gasteiger partial charge in [0, 0.05) is 17.3 Å². The highest BCUT2D eigenvalue weighted by molar-refractivity contribution is 7.80. The fourth-order valence-corrected chi connectivity index (χ4v) is 2.99. The van der Waals surface area contributed by atoms with E-state index in [9.17, 15) is 9.59 Å². The number of furan rings is 1. The molecule has 0 aliphatic carbocycles. The van der Waals surface area contributed by atoms with Crippen molar-refractivity contribution in [2.45, 2.75) is 20.0 Å². The van der Waals surface area contributed by atoms with E-state index in [-0.39, 0.29) is 22.9 Å². The van der Waals surface area contributed by atoms with Crippen LogP contribution in [-0.4, -0.2) is 30.1 Å². The molecule has 0 aliphatic heterocycles. The van der Waals surface area contributed by atoms with Gasteiger partial charge in [-0.1, -0.05) is 6.07 Å². The molecule has 3 aromatic rings. The molecule has 0 unspecified atom stereocenters. The Kier molecular flexibility index (Phi) is 7.45. The molecule has 0 radical (unpaired) electrons. The van der Waals surface area contributed by atoms with Crippen LogP contribution in [0.4, 0.5) is 11.4 Å². The lowest BCUT2D eigenvalue weighted by Crippen LogP contribution is -2.34. The maximum absolute atomic E-state index is 12.5. The molecule has 9 heteroatoms. The molecule has 2 aromatic carbocycles. The average Bonchev–Trinajstić information content (AvgIpc) is 3.29. The number of amides is 2. The standard InChI is InChI=1S/C23H23N3O5S/c1-14(2)31-17-7-4-6-15(12-17)21(27)26-23(32)24-16-9-10-18(20(13-16)29-3)25-22(28)19-8-5-11-30-19/h4-14H,1-3H3,(H,25,28)(H2,24,26,27,32). The third-order valence-electron chi connectivity index (χ3n) is 4.15. The van der Waals surface area contributed by atoms with Crippen molar-refractivity contribution in [2.24, 2.45) is 0 Å². The highest BCUT2D eigenvalue weighted by Gasteiger charge is 2.14. The van der Waals surface area contributed by atoms with Crippen LogP contribution in [-0.2, 0) is 0 Å². The maximum atomic E-state index is 12.5. The monoisotopic (exact) mass is 453 g/mol. The largest absolute Gasteiger partial charge is 0.494 e. The van der Waals surface area contributed by atoms with E-state index in [2.05, 4.69) is 16.0 Å². The second kappa shape index (κ2) is 10.5. The van der Waals surface area contributed by atoms with Gasteiger partial charge in [-0.05, 0) is 68.5 Å². The van der Waals surface area contributed by atoms with E-state index in [4.69, 9.17) is 26.1 Å². The molecule has 0 spiro atoms. The normalized spacial score (nSPS) is 10.4. The zero-order valence-electron chi connectivity index (χ0n) is 17.8. The van der Waals surface area contributed by atoms with Crippen LogP contribution in [0, 0.1) is 0 Å². The zero-order valence-corrected chi connectivity index (χ0v) is 18.6. The molecule has 3 N–H and O–H groups in total. The number of carbonyl (C=O) groups is 2. The Balaban J connectivity index is 1.63. The van der Waals surface area contributed by atoms with Crippen molar-refractivity contribution in [3.63, 3.8) is 0 Å². The number of benzene rings is 2. The maximum Gasteiger partial charge on any atom is 0.291 e. The van der Waals surface area contributed by atoms with Gasteiger partial charge in [-0.2, -0.15) is 0 Å². The lowest BCUT2D eigenvalue weighted by atomic mass is 10.2. The molecule has 0 aliphatic rings. The van der Waals surface area contributed by atoms with Crippen molar-refractivity contribution in [3.05, 3.63) is 72.2 Å². The summed E-state index contributed by atoms with van der Waals surface area (Å²) in [5.74, 6) is 0.415. The van der Waals surface area contributed by atoms with E-state index in [0.29, 0.717) is 28.4 Å². The minimum Gasteiger partial charge on any atom is -0.494 e. The zero-order chi connectivity index (χ0) is 23.1. The Labute approximate surface area is 190 Å². The van der Waals surface area contributed by atoms with Crippen LogP contribution in [0.1, 0.15) is 34.8 Å². The second-order valence-electron chi connectivity index (χ2n) is 6.95. The van der Waals surface area contributed by atoms with Crippen LogP contribution < -0.4 is 25.4 Å². The van der Waals surface area contributed by atoms with Gasteiger partial charge >= 0.3 is 0 Å². The molecule has 2 amide bonds. The third kappa shape index (κ3) is 6.08. The number of carbonyl (C=O) groups excluding carboxylic acids is 2. The van der Waals surface area contributed by atoms with Gasteiger partial charge < -0.3 is 24.5 Å². The quantitative estimate of drug-likeness (QED) is 0.454. The molecule has 0 saturated heterocycles. The van der Waals surface area contributed by atoms with Crippen LogP contribution >= 0.6 is 12.2 Å². The van der Waals surface area contributed by atoms with Gasteiger partial charge in [0.25, 0.3) is 11.8 Å². The van der Waals surface area contributed by atoms with Crippen molar-refractivity contribution >= 4 is 40.5 Å². The van der Waals surface area contributed by atoms with Gasteiger partial charge in [0.1, 0.15) is 11.5 Å². The molecule has 0 bridgehead atoms. The Morgan fingerprint density at radius 2 is 1.81 bits per heavy atom. The number of ether oxygens (including phenoxy) is 2. The SMILES string of the molecule is COc1cc(NC(=S)NC(=O)c2cccc(OC(C)C)c2)ccc1NC(=O)c1ccco1. The Bertz CT molecular complexity index is 1110. The minimum absolute atomic E-state index is 0.00197. The predicted molar refractivity (Wildman–Crippen MR) is 126 cm³/mol. The number of nitrogens with one attached hydrogen (secondary N) is 3. The molecule has 0 fully saturated rings. The van der Waals surface area contributed by atoms with E-state index < -0.39 is 5.91 Å². The van der Waals surface area contributed by atoms with Crippen LogP contribution in [0.15, 0.2) is 65.3 Å². The first-order valence-corrected chi connectivity index (χ1v) is 10.2. The first-order valence-electron chi connectivity index (χ1n) is 9.77. The number of hydrogen-bond donors (Lipinski definition) is 3. The first kappa shape index (κ1) is 22.8. The van der Waals surface area contributed by atoms with E-state index in [1.165, 1.54) is 13.4 Å². The number of anilines is 2. The Morgan fingerprint density at radius 3 is 2.50 bits per heavy atom. The summed E-state index contributed by atoms with van der Waals surface area (Å²) in [5.41, 5.74) is 1.44. The smallest absolute Gasteiger partial charge is 0.291 e. The van der Waals surface area contributed by atoms with Gasteiger partial charge in [-0.25, -0.2) is 0 Å². The number of hydrogen-bond acceptors (Lipinski definition) is 6. The summed E-state index contributed by atoms with van der Waals surface area (Å²) in [6.07, 6.45) is 1.42. The van der Waals surface area contributed by atoms with Crippen molar-refractivity contribution < 1.29 is 23.5 Å². The fourth-order valence-electron chi connectivity index (χ4n) is 2.78. The summed E-state index contributed by atoms with van der Waals surface area (Å²) >= 11 is 5.25. The molecule has 1 aromatic heterocycles. The summed E-state index contributed by atoms with van der Waals surface area (Å²) in [6, 6.07) is 15.0. The highest BCUT2D eigenvalue weighted by Crippen LogP contribution is 2.28. The second-order valence-corrected chi connectivity index (χ2v) is 7.36. The summed E-state index contributed by atoms with van der Waals surface area (Å²) in [5, 5.41) is 8.39. The van der Waals surface area contributed by atoms with Crippen molar-refractivity contribution in [3.8, 4) is 11.5 Å². The van der Waals surface area contributed by atoms with E-state index in [1.54, 1.807) is 54.6 Å². The Morgan fingerprint density at radius 1 is 1.00 bits per heavy atom. The van der Waals surface area contributed by atoms with Crippen LogP contribution in [0.3, 0.4) is 0 Å².